The Bertz CT molecular complexity index is 1210. The van der Waals surface area contributed by atoms with Crippen molar-refractivity contribution in [2.45, 2.75) is 6.04 Å². The smallest absolute Gasteiger partial charge is 0.253 e. The molecule has 1 aliphatic rings. The van der Waals surface area contributed by atoms with Crippen molar-refractivity contribution in [3.8, 4) is 0 Å². The molecule has 6 nitrogen and oxygen atoms in total. The number of carbonyl (C=O) groups excluding carboxylic acids is 2. The molecule has 1 fully saturated rings. The number of amides is 1. The second kappa shape index (κ2) is 10.9. The number of nitrogens with zero attached hydrogens (tertiary/aromatic N) is 3. The molecule has 174 valence electrons. The summed E-state index contributed by atoms with van der Waals surface area (Å²) in [4.78, 5) is 43.1. The second-order valence-corrected chi connectivity index (χ2v) is 8.16. The lowest BCUT2D eigenvalue weighted by molar-refractivity contribution is -0.135. The zero-order valence-corrected chi connectivity index (χ0v) is 18.7. The topological polar surface area (TPSA) is 62.6 Å². The highest BCUT2D eigenvalue weighted by Crippen LogP contribution is 2.18. The predicted octanol–water partition coefficient (Wildman–Crippen LogP) is 3.27. The Hall–Kier alpha value is -3.84. The van der Waals surface area contributed by atoms with E-state index in [1.165, 1.54) is 36.5 Å². The normalized spacial score (nSPS) is 15.4. The van der Waals surface area contributed by atoms with E-state index in [0.717, 1.165) is 16.7 Å². The average molecular weight is 460 g/mol. The Morgan fingerprint density at radius 3 is 2.24 bits per heavy atom. The van der Waals surface area contributed by atoms with Gasteiger partial charge in [0, 0.05) is 50.6 Å². The number of pyridine rings is 1. The van der Waals surface area contributed by atoms with Gasteiger partial charge in [-0.1, -0.05) is 48.6 Å². The molecule has 0 N–H and O–H groups in total. The third-order valence-corrected chi connectivity index (χ3v) is 5.90. The van der Waals surface area contributed by atoms with Gasteiger partial charge in [0.1, 0.15) is 5.82 Å². The van der Waals surface area contributed by atoms with Crippen molar-refractivity contribution >= 4 is 17.8 Å². The molecule has 1 aromatic heterocycles. The van der Waals surface area contributed by atoms with E-state index >= 15 is 0 Å². The minimum absolute atomic E-state index is 0.181. The van der Waals surface area contributed by atoms with Crippen molar-refractivity contribution in [1.82, 2.24) is 14.4 Å². The highest BCUT2D eigenvalue weighted by Gasteiger charge is 2.34. The van der Waals surface area contributed by atoms with Crippen molar-refractivity contribution in [1.29, 1.82) is 0 Å². The van der Waals surface area contributed by atoms with E-state index in [-0.39, 0.29) is 5.56 Å². The van der Waals surface area contributed by atoms with Crippen LogP contribution >= 0.6 is 0 Å². The van der Waals surface area contributed by atoms with Crippen LogP contribution in [0.5, 0.6) is 0 Å². The van der Waals surface area contributed by atoms with Gasteiger partial charge in [-0.3, -0.25) is 23.9 Å². The zero-order chi connectivity index (χ0) is 23.9. The minimum Gasteiger partial charge on any atom is -0.338 e. The van der Waals surface area contributed by atoms with E-state index in [2.05, 4.69) is 17.1 Å². The fourth-order valence-electron chi connectivity index (χ4n) is 4.01. The van der Waals surface area contributed by atoms with Crippen LogP contribution in [0.2, 0.25) is 0 Å². The van der Waals surface area contributed by atoms with Gasteiger partial charge < -0.3 is 4.90 Å². The van der Waals surface area contributed by atoms with Crippen molar-refractivity contribution in [3.63, 3.8) is 0 Å². The molecule has 4 rings (SSSR count). The molecule has 0 spiro atoms. The number of rotatable bonds is 7. The molecule has 1 amide bonds. The Kier molecular flexibility index (Phi) is 7.44. The van der Waals surface area contributed by atoms with Crippen molar-refractivity contribution < 1.29 is 14.0 Å². The molecule has 2 aromatic carbocycles. The maximum atomic E-state index is 13.5. The number of hydrogen-bond donors (Lipinski definition) is 0. The summed E-state index contributed by atoms with van der Waals surface area (Å²) in [6.07, 6.45) is 5.60. The molecule has 1 saturated heterocycles. The van der Waals surface area contributed by atoms with Crippen LogP contribution in [0, 0.1) is 5.82 Å². The first-order valence-corrected chi connectivity index (χ1v) is 11.2. The maximum absolute atomic E-state index is 13.5. The third-order valence-electron chi connectivity index (χ3n) is 5.90. The van der Waals surface area contributed by atoms with Gasteiger partial charge in [0.2, 0.25) is 0 Å². The maximum Gasteiger partial charge on any atom is 0.253 e. The molecule has 0 unspecified atom stereocenters. The van der Waals surface area contributed by atoms with Gasteiger partial charge in [-0.05, 0) is 35.9 Å². The number of aromatic nitrogens is 1. The summed E-state index contributed by atoms with van der Waals surface area (Å²) in [7, 11) is 0. The Morgan fingerprint density at radius 1 is 0.882 bits per heavy atom. The third kappa shape index (κ3) is 5.55. The fourth-order valence-corrected chi connectivity index (χ4v) is 4.01. The standard InChI is InChI=1S/C27H26FN3O3/c28-23-13-11-22(12-14-23)26(33)25(31-16-5-4-10-24(31)32)27(34)30-19-17-29(18-20-30)15-6-9-21-7-2-1-3-8-21/h1-14,16,25H,15,17-20H2/b9-6+/t25-/m1/s1. The van der Waals surface area contributed by atoms with E-state index in [0.29, 0.717) is 26.2 Å². The highest BCUT2D eigenvalue weighted by molar-refractivity contribution is 6.11. The number of carbonyl (C=O) groups is 2. The van der Waals surface area contributed by atoms with Gasteiger partial charge in [0.25, 0.3) is 11.5 Å². The molecule has 0 saturated carbocycles. The molecule has 3 aromatic rings. The molecule has 0 aliphatic carbocycles. The monoisotopic (exact) mass is 459 g/mol. The van der Waals surface area contributed by atoms with Gasteiger partial charge in [-0.2, -0.15) is 0 Å². The van der Waals surface area contributed by atoms with Crippen molar-refractivity contribution in [2.24, 2.45) is 0 Å². The SMILES string of the molecule is O=C(c1ccc(F)cc1)[C@H](C(=O)N1CCN(C/C=C/c2ccccc2)CC1)n1ccccc1=O. The fraction of sp³-hybridized carbons (Fsp3) is 0.222. The van der Waals surface area contributed by atoms with Crippen LogP contribution in [0.4, 0.5) is 4.39 Å². The first-order valence-electron chi connectivity index (χ1n) is 11.2. The summed E-state index contributed by atoms with van der Waals surface area (Å²) >= 11 is 0. The van der Waals surface area contributed by atoms with Crippen molar-refractivity contribution in [2.75, 3.05) is 32.7 Å². The quantitative estimate of drug-likeness (QED) is 0.402. The average Bonchev–Trinajstić information content (AvgIpc) is 2.87. The summed E-state index contributed by atoms with van der Waals surface area (Å²) < 4.78 is 14.5. The summed E-state index contributed by atoms with van der Waals surface area (Å²) in [5, 5.41) is 0. The van der Waals surface area contributed by atoms with Crippen molar-refractivity contribution in [3.05, 3.63) is 112 Å². The lowest BCUT2D eigenvalue weighted by Gasteiger charge is -2.36. The molecular weight excluding hydrogens is 433 g/mol. The molecule has 0 bridgehead atoms. The number of benzene rings is 2. The molecule has 1 atom stereocenters. The Balaban J connectivity index is 1.46. The summed E-state index contributed by atoms with van der Waals surface area (Å²) in [5.41, 5.74) is 0.868. The lowest BCUT2D eigenvalue weighted by Crippen LogP contribution is -2.52. The molecule has 1 aliphatic heterocycles. The van der Waals surface area contributed by atoms with Gasteiger partial charge >= 0.3 is 0 Å². The van der Waals surface area contributed by atoms with Gasteiger partial charge in [-0.15, -0.1) is 0 Å². The lowest BCUT2D eigenvalue weighted by atomic mass is 10.0. The molecule has 2 heterocycles. The Labute approximate surface area is 197 Å². The van der Waals surface area contributed by atoms with Crippen LogP contribution in [0.15, 0.2) is 89.9 Å². The van der Waals surface area contributed by atoms with Crippen LogP contribution in [-0.2, 0) is 4.79 Å². The van der Waals surface area contributed by atoms with Crippen LogP contribution in [0.3, 0.4) is 0 Å². The second-order valence-electron chi connectivity index (χ2n) is 8.16. The first-order chi connectivity index (χ1) is 16.5. The predicted molar refractivity (Wildman–Crippen MR) is 129 cm³/mol. The number of Topliss-reactive ketones (excluding diaryl/α,β-unsaturated/α-hetero) is 1. The largest absolute Gasteiger partial charge is 0.338 e. The van der Waals surface area contributed by atoms with E-state index < -0.39 is 29.1 Å². The molecular formula is C27H26FN3O3. The van der Waals surface area contributed by atoms with E-state index in [1.54, 1.807) is 17.0 Å². The van der Waals surface area contributed by atoms with Gasteiger partial charge in [0.15, 0.2) is 11.8 Å². The summed E-state index contributed by atoms with van der Waals surface area (Å²) in [5.74, 6) is -1.44. The molecule has 34 heavy (non-hydrogen) atoms. The molecule has 7 heteroatoms. The highest BCUT2D eigenvalue weighted by atomic mass is 19.1. The minimum atomic E-state index is -1.33. The zero-order valence-electron chi connectivity index (χ0n) is 18.7. The summed E-state index contributed by atoms with van der Waals surface area (Å²) in [6, 6.07) is 18.2. The van der Waals surface area contributed by atoms with E-state index in [4.69, 9.17) is 0 Å². The number of piperazine rings is 1. The first kappa shape index (κ1) is 23.3. The number of halogens is 1. The molecule has 0 radical (unpaired) electrons. The Morgan fingerprint density at radius 2 is 1.56 bits per heavy atom. The summed E-state index contributed by atoms with van der Waals surface area (Å²) in [6.45, 7) is 2.98. The number of hydrogen-bond acceptors (Lipinski definition) is 4. The van der Waals surface area contributed by atoms with E-state index in [1.807, 2.05) is 30.3 Å². The van der Waals surface area contributed by atoms with Gasteiger partial charge in [0.05, 0.1) is 0 Å². The van der Waals surface area contributed by atoms with Crippen LogP contribution in [0.25, 0.3) is 6.08 Å². The van der Waals surface area contributed by atoms with Crippen LogP contribution in [0.1, 0.15) is 22.0 Å². The number of ketones is 1. The van der Waals surface area contributed by atoms with E-state index in [9.17, 15) is 18.8 Å². The van der Waals surface area contributed by atoms with Gasteiger partial charge in [-0.25, -0.2) is 4.39 Å². The van der Waals surface area contributed by atoms with Crippen LogP contribution < -0.4 is 5.56 Å². The van der Waals surface area contributed by atoms with Crippen LogP contribution in [-0.4, -0.2) is 58.8 Å².